The number of anilines is 1. The van der Waals surface area contributed by atoms with Crippen molar-refractivity contribution in [1.29, 1.82) is 0 Å². The molecule has 0 spiro atoms. The molecular weight excluding hydrogens is 376 g/mol. The van der Waals surface area contributed by atoms with E-state index in [1.807, 2.05) is 0 Å². The number of rotatable bonds is 1. The van der Waals surface area contributed by atoms with Gasteiger partial charge in [-0.2, -0.15) is 13.2 Å². The molecule has 0 saturated heterocycles. The third-order valence-electron chi connectivity index (χ3n) is 4.43. The lowest BCUT2D eigenvalue weighted by Crippen LogP contribution is -2.61. The number of hydrogen-bond acceptors (Lipinski definition) is 2. The summed E-state index contributed by atoms with van der Waals surface area (Å²) in [4.78, 5) is 13.1. The monoisotopic (exact) mass is 390 g/mol. The van der Waals surface area contributed by atoms with Gasteiger partial charge in [-0.1, -0.05) is 23.4 Å². The van der Waals surface area contributed by atoms with Crippen molar-refractivity contribution in [2.45, 2.75) is 31.2 Å². The number of nitrogens with zero attached hydrogens (tertiary/aromatic N) is 2. The van der Waals surface area contributed by atoms with Crippen LogP contribution in [0.3, 0.4) is 0 Å². The second kappa shape index (κ2) is 6.05. The normalized spacial score (nSPS) is 23.2. The molecule has 2 amide bonds. The molecule has 2 atom stereocenters. The Kier molecular flexibility index (Phi) is 4.43. The highest BCUT2D eigenvalue weighted by Gasteiger charge is 2.63. The molecule has 4 nitrogen and oxygen atoms in total. The van der Waals surface area contributed by atoms with Crippen LogP contribution in [-0.4, -0.2) is 29.3 Å². The quantitative estimate of drug-likeness (QED) is 0.587. The summed E-state index contributed by atoms with van der Waals surface area (Å²) in [5.41, 5.74) is -2.78. The molecule has 1 saturated carbocycles. The summed E-state index contributed by atoms with van der Waals surface area (Å²) < 4.78 is 43.6. The Morgan fingerprint density at radius 1 is 1.44 bits per heavy atom. The minimum Gasteiger partial charge on any atom is -0.392 e. The van der Waals surface area contributed by atoms with Gasteiger partial charge in [0.05, 0.1) is 12.3 Å². The predicted octanol–water partition coefficient (Wildman–Crippen LogP) is 3.67. The summed E-state index contributed by atoms with van der Waals surface area (Å²) in [6.45, 7) is -0.457. The van der Waals surface area contributed by atoms with Crippen molar-refractivity contribution < 1.29 is 23.1 Å². The highest BCUT2D eigenvalue weighted by Crippen LogP contribution is 2.52. The van der Waals surface area contributed by atoms with Crippen molar-refractivity contribution in [3.63, 3.8) is 0 Å². The SMILES string of the molecule is CN1C(=O)N(P)c2cc(CO)c(Cl)cc2C1(C#CC1CC1)C(F)(F)F. The Balaban J connectivity index is 2.34. The van der Waals surface area contributed by atoms with Crippen LogP contribution in [0, 0.1) is 17.8 Å². The second-order valence-electron chi connectivity index (χ2n) is 6.08. The standard InChI is InChI=1S/C16H15ClF3N2O2P/c1-21-14(24)22(25)13-6-10(8-23)12(17)7-11(13)15(21,16(18,19)20)5-4-9-2-3-9/h6-7,9,23H,2-3,8,25H2,1H3. The van der Waals surface area contributed by atoms with Crippen LogP contribution in [0.25, 0.3) is 0 Å². The zero-order chi connectivity index (χ0) is 18.6. The number of carbonyl (C=O) groups excluding carboxylic acids is 1. The van der Waals surface area contributed by atoms with Gasteiger partial charge in [-0.05, 0) is 39.9 Å². The number of fused-ring (bicyclic) bond motifs is 1. The van der Waals surface area contributed by atoms with E-state index in [0.717, 1.165) is 30.6 Å². The largest absolute Gasteiger partial charge is 0.427 e. The molecule has 0 aromatic heterocycles. The Morgan fingerprint density at radius 2 is 2.08 bits per heavy atom. The molecular formula is C16H15ClF3N2O2P. The lowest BCUT2D eigenvalue weighted by molar-refractivity contribution is -0.203. The van der Waals surface area contributed by atoms with Crippen LogP contribution in [0.2, 0.25) is 5.02 Å². The zero-order valence-corrected chi connectivity index (χ0v) is 15.1. The maximum atomic E-state index is 14.2. The molecule has 1 N–H and O–H groups in total. The van der Waals surface area contributed by atoms with Gasteiger partial charge in [0, 0.05) is 23.6 Å². The fraction of sp³-hybridized carbons (Fsp3) is 0.438. The highest BCUT2D eigenvalue weighted by molar-refractivity contribution is 7.21. The van der Waals surface area contributed by atoms with Crippen LogP contribution < -0.4 is 4.67 Å². The van der Waals surface area contributed by atoms with Crippen molar-refractivity contribution in [3.05, 3.63) is 28.3 Å². The van der Waals surface area contributed by atoms with Gasteiger partial charge in [-0.25, -0.2) is 4.79 Å². The third kappa shape index (κ3) is 2.77. The lowest BCUT2D eigenvalue weighted by atomic mass is 9.84. The molecule has 9 heteroatoms. The first kappa shape index (κ1) is 18.3. The van der Waals surface area contributed by atoms with Crippen LogP contribution in [0.4, 0.5) is 23.7 Å². The topological polar surface area (TPSA) is 43.8 Å². The molecule has 1 heterocycles. The van der Waals surface area contributed by atoms with Gasteiger partial charge >= 0.3 is 12.2 Å². The summed E-state index contributed by atoms with van der Waals surface area (Å²) in [5, 5.41) is 9.33. The van der Waals surface area contributed by atoms with Gasteiger partial charge < -0.3 is 5.11 Å². The summed E-state index contributed by atoms with van der Waals surface area (Å²) >= 11 is 6.04. The van der Waals surface area contributed by atoms with Crippen LogP contribution >= 0.6 is 21.0 Å². The average molecular weight is 391 g/mol. The fourth-order valence-electron chi connectivity index (χ4n) is 2.80. The van der Waals surface area contributed by atoms with E-state index in [-0.39, 0.29) is 27.8 Å². The molecule has 1 aliphatic heterocycles. The minimum atomic E-state index is -4.83. The van der Waals surface area contributed by atoms with E-state index in [9.17, 15) is 23.1 Å². The van der Waals surface area contributed by atoms with Crippen molar-refractivity contribution in [2.75, 3.05) is 11.7 Å². The average Bonchev–Trinajstić information content (AvgIpc) is 3.36. The third-order valence-corrected chi connectivity index (χ3v) is 5.28. The number of urea groups is 1. The van der Waals surface area contributed by atoms with Crippen LogP contribution in [0.5, 0.6) is 0 Å². The van der Waals surface area contributed by atoms with Gasteiger partial charge in [-0.15, -0.1) is 0 Å². The highest BCUT2D eigenvalue weighted by atomic mass is 35.5. The first-order chi connectivity index (χ1) is 11.6. The van der Waals surface area contributed by atoms with Crippen LogP contribution in [0.1, 0.15) is 24.0 Å². The number of alkyl halides is 3. The molecule has 1 aromatic rings. The van der Waals surface area contributed by atoms with Crippen LogP contribution in [0.15, 0.2) is 12.1 Å². The molecule has 1 aromatic carbocycles. The Bertz CT molecular complexity index is 801. The predicted molar refractivity (Wildman–Crippen MR) is 91.0 cm³/mol. The summed E-state index contributed by atoms with van der Waals surface area (Å²) in [6, 6.07) is 1.55. The molecule has 2 unspecified atom stereocenters. The Labute approximate surface area is 150 Å². The van der Waals surface area contributed by atoms with Gasteiger partial charge in [0.1, 0.15) is 0 Å². The first-order valence-electron chi connectivity index (χ1n) is 7.49. The summed E-state index contributed by atoms with van der Waals surface area (Å²) in [7, 11) is 3.17. The number of carbonyl (C=O) groups is 1. The van der Waals surface area contributed by atoms with Gasteiger partial charge in [0.25, 0.3) is 0 Å². The first-order valence-corrected chi connectivity index (χ1v) is 8.38. The number of amides is 2. The minimum absolute atomic E-state index is 0.00368. The van der Waals surface area contributed by atoms with Crippen molar-refractivity contribution >= 4 is 32.7 Å². The summed E-state index contributed by atoms with van der Waals surface area (Å²) in [5.74, 6) is 4.90. The van der Waals surface area contributed by atoms with E-state index >= 15 is 0 Å². The van der Waals surface area contributed by atoms with Crippen molar-refractivity contribution in [1.82, 2.24) is 4.90 Å². The molecule has 2 aliphatic rings. The molecule has 0 bridgehead atoms. The number of aliphatic hydroxyl groups is 1. The maximum Gasteiger partial charge on any atom is 0.427 e. The molecule has 0 radical (unpaired) electrons. The van der Waals surface area contributed by atoms with Crippen molar-refractivity contribution in [3.8, 4) is 11.8 Å². The molecule has 3 rings (SSSR count). The van der Waals surface area contributed by atoms with E-state index in [1.165, 1.54) is 6.07 Å². The van der Waals surface area contributed by atoms with E-state index < -0.39 is 24.4 Å². The van der Waals surface area contributed by atoms with E-state index in [2.05, 4.69) is 21.2 Å². The molecule has 1 fully saturated rings. The number of halogens is 4. The van der Waals surface area contributed by atoms with Crippen molar-refractivity contribution in [2.24, 2.45) is 5.92 Å². The second-order valence-corrected chi connectivity index (χ2v) is 7.01. The summed E-state index contributed by atoms with van der Waals surface area (Å²) in [6.07, 6.45) is -3.32. The fourth-order valence-corrected chi connectivity index (χ4v) is 3.41. The van der Waals surface area contributed by atoms with Gasteiger partial charge in [0.2, 0.25) is 5.54 Å². The van der Waals surface area contributed by atoms with E-state index in [0.29, 0.717) is 4.90 Å². The number of hydrogen-bond donors (Lipinski definition) is 1. The Morgan fingerprint density at radius 3 is 2.60 bits per heavy atom. The van der Waals surface area contributed by atoms with Crippen LogP contribution in [-0.2, 0) is 12.1 Å². The smallest absolute Gasteiger partial charge is 0.392 e. The van der Waals surface area contributed by atoms with E-state index in [4.69, 9.17) is 11.6 Å². The number of benzene rings is 1. The lowest BCUT2D eigenvalue weighted by Gasteiger charge is -2.46. The van der Waals surface area contributed by atoms with E-state index in [1.54, 1.807) is 0 Å². The molecule has 134 valence electrons. The molecule has 25 heavy (non-hydrogen) atoms. The molecule has 1 aliphatic carbocycles. The number of aliphatic hydroxyl groups excluding tert-OH is 1. The Hall–Kier alpha value is -1.48. The zero-order valence-electron chi connectivity index (χ0n) is 13.2. The van der Waals surface area contributed by atoms with Gasteiger partial charge in [-0.3, -0.25) is 9.57 Å². The maximum absolute atomic E-state index is 14.2. The van der Waals surface area contributed by atoms with Gasteiger partial charge in [0.15, 0.2) is 0 Å².